The Kier molecular flexibility index (Phi) is 5.38. The molecule has 33 heavy (non-hydrogen) atoms. The largest absolute Gasteiger partial charge is 0.497 e. The first-order valence-corrected chi connectivity index (χ1v) is 10.8. The average Bonchev–Trinajstić information content (AvgIpc) is 3.22. The van der Waals surface area contributed by atoms with E-state index in [4.69, 9.17) is 23.7 Å². The minimum atomic E-state index is -0.373. The molecular weight excluding hydrogens is 418 g/mol. The van der Waals surface area contributed by atoms with Gasteiger partial charge in [-0.2, -0.15) is 0 Å². The van der Waals surface area contributed by atoms with Crippen LogP contribution in [-0.4, -0.2) is 46.6 Å². The van der Waals surface area contributed by atoms with Crippen LogP contribution < -0.4 is 18.9 Å². The summed E-state index contributed by atoms with van der Waals surface area (Å²) in [6, 6.07) is 20.6. The molecule has 3 aromatic carbocycles. The van der Waals surface area contributed by atoms with Gasteiger partial charge in [0.2, 0.25) is 5.75 Å². The first kappa shape index (κ1) is 21.2. The van der Waals surface area contributed by atoms with Crippen molar-refractivity contribution in [3.8, 4) is 34.3 Å². The highest BCUT2D eigenvalue weighted by molar-refractivity contribution is 5.93. The second-order valence-corrected chi connectivity index (χ2v) is 8.14. The number of hydrogen-bond donors (Lipinski definition) is 1. The van der Waals surface area contributed by atoms with Gasteiger partial charge in [-0.15, -0.1) is 0 Å². The van der Waals surface area contributed by atoms with E-state index in [0.29, 0.717) is 30.5 Å². The molecule has 1 N–H and O–H groups in total. The zero-order valence-electron chi connectivity index (χ0n) is 19.2. The molecule has 1 fully saturated rings. The summed E-state index contributed by atoms with van der Waals surface area (Å²) in [4.78, 5) is 3.66. The minimum Gasteiger partial charge on any atom is -0.497 e. The Hall–Kier alpha value is -3.64. The minimum absolute atomic E-state index is 0.373. The molecular formula is C27H27NO5. The maximum absolute atomic E-state index is 5.85. The Labute approximate surface area is 193 Å². The number of para-hydroxylation sites is 1. The fourth-order valence-corrected chi connectivity index (χ4v) is 4.73. The number of hydrogen-bond acceptors (Lipinski definition) is 5. The van der Waals surface area contributed by atoms with Gasteiger partial charge in [0, 0.05) is 16.5 Å². The number of rotatable bonds is 7. The molecule has 0 aliphatic carbocycles. The number of nitrogens with one attached hydrogen (secondary N) is 1. The fourth-order valence-electron chi connectivity index (χ4n) is 4.73. The highest BCUT2D eigenvalue weighted by atomic mass is 16.5. The lowest BCUT2D eigenvalue weighted by atomic mass is 9.71. The van der Waals surface area contributed by atoms with Gasteiger partial charge in [0.25, 0.3) is 0 Å². The highest BCUT2D eigenvalue weighted by Crippen LogP contribution is 2.50. The van der Waals surface area contributed by atoms with Gasteiger partial charge in [0.05, 0.1) is 52.8 Å². The Balaban J connectivity index is 1.77. The summed E-state index contributed by atoms with van der Waals surface area (Å²) < 4.78 is 28.1. The molecule has 4 aromatic rings. The van der Waals surface area contributed by atoms with Crippen molar-refractivity contribution in [2.24, 2.45) is 0 Å². The Morgan fingerprint density at radius 2 is 1.45 bits per heavy atom. The first-order chi connectivity index (χ1) is 16.1. The number of aromatic nitrogens is 1. The van der Waals surface area contributed by atoms with Gasteiger partial charge >= 0.3 is 0 Å². The molecule has 6 heteroatoms. The molecule has 1 aromatic heterocycles. The Morgan fingerprint density at radius 3 is 2.00 bits per heavy atom. The molecule has 170 valence electrons. The van der Waals surface area contributed by atoms with E-state index < -0.39 is 0 Å². The third-order valence-corrected chi connectivity index (χ3v) is 6.48. The smallest absolute Gasteiger partial charge is 0.203 e. The van der Waals surface area contributed by atoms with Crippen molar-refractivity contribution in [2.45, 2.75) is 5.41 Å². The van der Waals surface area contributed by atoms with E-state index in [1.165, 1.54) is 10.9 Å². The van der Waals surface area contributed by atoms with Crippen molar-refractivity contribution in [3.05, 3.63) is 71.8 Å². The van der Waals surface area contributed by atoms with Gasteiger partial charge in [0.1, 0.15) is 5.75 Å². The topological polar surface area (TPSA) is 61.9 Å². The molecule has 6 nitrogen and oxygen atoms in total. The molecule has 0 spiro atoms. The summed E-state index contributed by atoms with van der Waals surface area (Å²) in [5.74, 6) is 2.66. The molecule has 1 aliphatic rings. The van der Waals surface area contributed by atoms with E-state index in [9.17, 15) is 0 Å². The van der Waals surface area contributed by atoms with Gasteiger partial charge in [0.15, 0.2) is 11.5 Å². The van der Waals surface area contributed by atoms with Crippen molar-refractivity contribution in [1.29, 1.82) is 0 Å². The van der Waals surface area contributed by atoms with Crippen LogP contribution in [0.1, 0.15) is 11.1 Å². The SMILES string of the molecule is COc1ccc(-c2[nH]c3ccccc3c2C2(c3cc(OC)c(OC)c(OC)c3)COC2)cc1. The number of ether oxygens (including phenoxy) is 5. The predicted octanol–water partition coefficient (Wildman–Crippen LogP) is 5.19. The van der Waals surface area contributed by atoms with Crippen LogP contribution in [0.15, 0.2) is 60.7 Å². The molecule has 2 heterocycles. The monoisotopic (exact) mass is 445 g/mol. The molecule has 0 unspecified atom stereocenters. The van der Waals surface area contributed by atoms with E-state index in [-0.39, 0.29) is 5.41 Å². The number of methoxy groups -OCH3 is 4. The molecule has 0 amide bonds. The highest BCUT2D eigenvalue weighted by Gasteiger charge is 2.46. The fraction of sp³-hybridized carbons (Fsp3) is 0.259. The second kappa shape index (κ2) is 8.37. The molecule has 1 saturated heterocycles. The van der Waals surface area contributed by atoms with Gasteiger partial charge in [-0.1, -0.05) is 18.2 Å². The lowest BCUT2D eigenvalue weighted by Crippen LogP contribution is -2.48. The summed E-state index contributed by atoms with van der Waals surface area (Å²) in [7, 11) is 6.57. The number of aromatic amines is 1. The van der Waals surface area contributed by atoms with Crippen molar-refractivity contribution in [2.75, 3.05) is 41.7 Å². The lowest BCUT2D eigenvalue weighted by molar-refractivity contribution is -0.0371. The maximum atomic E-state index is 5.85. The van der Waals surface area contributed by atoms with E-state index in [1.54, 1.807) is 28.4 Å². The van der Waals surface area contributed by atoms with Gasteiger partial charge in [-0.3, -0.25) is 0 Å². The van der Waals surface area contributed by atoms with Crippen LogP contribution in [0.2, 0.25) is 0 Å². The second-order valence-electron chi connectivity index (χ2n) is 8.14. The van der Waals surface area contributed by atoms with E-state index in [2.05, 4.69) is 35.3 Å². The lowest BCUT2D eigenvalue weighted by Gasteiger charge is -2.43. The van der Waals surface area contributed by atoms with Gasteiger partial charge < -0.3 is 28.7 Å². The molecule has 0 radical (unpaired) electrons. The van der Waals surface area contributed by atoms with Crippen molar-refractivity contribution >= 4 is 10.9 Å². The van der Waals surface area contributed by atoms with E-state index >= 15 is 0 Å². The summed E-state index contributed by atoms with van der Waals surface area (Å²) >= 11 is 0. The van der Waals surface area contributed by atoms with Crippen LogP contribution in [0, 0.1) is 0 Å². The standard InChI is InChI=1S/C27H27NO5/c1-29-19-11-9-17(10-12-19)25-24(20-7-5-6-8-21(20)28-25)27(15-33-16-27)18-13-22(30-2)26(32-4)23(14-18)31-3/h5-14,28H,15-16H2,1-4H3. The summed E-state index contributed by atoms with van der Waals surface area (Å²) in [6.45, 7) is 1.10. The summed E-state index contributed by atoms with van der Waals surface area (Å²) in [5.41, 5.74) is 5.11. The Morgan fingerprint density at radius 1 is 0.788 bits per heavy atom. The average molecular weight is 446 g/mol. The number of H-pyrrole nitrogens is 1. The van der Waals surface area contributed by atoms with E-state index in [0.717, 1.165) is 28.1 Å². The van der Waals surface area contributed by atoms with Crippen molar-refractivity contribution < 1.29 is 23.7 Å². The zero-order chi connectivity index (χ0) is 23.0. The van der Waals surface area contributed by atoms with Crippen LogP contribution in [-0.2, 0) is 10.2 Å². The first-order valence-electron chi connectivity index (χ1n) is 10.8. The van der Waals surface area contributed by atoms with Crippen LogP contribution in [0.4, 0.5) is 0 Å². The normalized spacial score (nSPS) is 14.5. The molecule has 1 aliphatic heterocycles. The third-order valence-electron chi connectivity index (χ3n) is 6.48. The van der Waals surface area contributed by atoms with Crippen LogP contribution in [0.3, 0.4) is 0 Å². The van der Waals surface area contributed by atoms with Crippen LogP contribution >= 0.6 is 0 Å². The van der Waals surface area contributed by atoms with Gasteiger partial charge in [-0.05, 0) is 53.6 Å². The predicted molar refractivity (Wildman–Crippen MR) is 128 cm³/mol. The van der Waals surface area contributed by atoms with Crippen molar-refractivity contribution in [1.82, 2.24) is 4.98 Å². The molecule has 5 rings (SSSR count). The maximum Gasteiger partial charge on any atom is 0.203 e. The quantitative estimate of drug-likeness (QED) is 0.424. The number of fused-ring (bicyclic) bond motifs is 1. The van der Waals surface area contributed by atoms with Gasteiger partial charge in [-0.25, -0.2) is 0 Å². The van der Waals surface area contributed by atoms with Crippen LogP contribution in [0.25, 0.3) is 22.2 Å². The van der Waals surface area contributed by atoms with Crippen molar-refractivity contribution in [3.63, 3.8) is 0 Å². The molecule has 0 saturated carbocycles. The molecule has 0 bridgehead atoms. The zero-order valence-corrected chi connectivity index (χ0v) is 19.2. The summed E-state index contributed by atoms with van der Waals surface area (Å²) in [5, 5.41) is 1.17. The third kappa shape index (κ3) is 3.29. The summed E-state index contributed by atoms with van der Waals surface area (Å²) in [6.07, 6.45) is 0. The molecule has 0 atom stereocenters. The Bertz CT molecular complexity index is 1260. The van der Waals surface area contributed by atoms with Crippen LogP contribution in [0.5, 0.6) is 23.0 Å². The number of benzene rings is 3. The van der Waals surface area contributed by atoms with E-state index in [1.807, 2.05) is 30.3 Å².